The van der Waals surface area contributed by atoms with Gasteiger partial charge in [0.15, 0.2) is 0 Å². The average molecular weight is 244 g/mol. The summed E-state index contributed by atoms with van der Waals surface area (Å²) >= 11 is 0. The van der Waals surface area contributed by atoms with Crippen molar-refractivity contribution < 1.29 is 5.21 Å². The zero-order valence-electron chi connectivity index (χ0n) is 10.6. The minimum absolute atomic E-state index is 0.178. The van der Waals surface area contributed by atoms with Crippen LogP contribution in [0.3, 0.4) is 0 Å². The molecule has 3 nitrogen and oxygen atoms in total. The van der Waals surface area contributed by atoms with Gasteiger partial charge in [0.05, 0.1) is 5.41 Å². The Bertz CT molecular complexity index is 454. The summed E-state index contributed by atoms with van der Waals surface area (Å²) in [5.74, 6) is 1.11. The molecule has 2 fully saturated rings. The van der Waals surface area contributed by atoms with Gasteiger partial charge in [-0.3, -0.25) is 0 Å². The van der Waals surface area contributed by atoms with Crippen molar-refractivity contribution in [2.24, 2.45) is 10.9 Å². The van der Waals surface area contributed by atoms with Crippen LogP contribution in [0.4, 0.5) is 0 Å². The van der Waals surface area contributed by atoms with Crippen LogP contribution in [0.5, 0.6) is 0 Å². The molecule has 0 bridgehead atoms. The summed E-state index contributed by atoms with van der Waals surface area (Å²) in [4.78, 5) is 0. The maximum absolute atomic E-state index is 8.86. The Morgan fingerprint density at radius 3 is 2.28 bits per heavy atom. The van der Waals surface area contributed by atoms with Crippen molar-refractivity contribution in [1.82, 2.24) is 0 Å². The van der Waals surface area contributed by atoms with Crippen LogP contribution in [-0.2, 0) is 5.41 Å². The standard InChI is InChI=1S/C15H20N2O/c16-14(17-18)15(9-10-15)13-7-5-12(6-8-13)11-3-1-2-4-11/h5-8,11,18H,1-4,9-10H2,(H2,16,17). The van der Waals surface area contributed by atoms with Crippen LogP contribution in [0.15, 0.2) is 29.4 Å². The van der Waals surface area contributed by atoms with E-state index >= 15 is 0 Å². The summed E-state index contributed by atoms with van der Waals surface area (Å²) in [6.07, 6.45) is 7.35. The summed E-state index contributed by atoms with van der Waals surface area (Å²) in [5.41, 5.74) is 8.27. The highest BCUT2D eigenvalue weighted by atomic mass is 16.4. The lowest BCUT2D eigenvalue weighted by Gasteiger charge is -2.16. The fraction of sp³-hybridized carbons (Fsp3) is 0.533. The Hall–Kier alpha value is -1.51. The Morgan fingerprint density at radius 1 is 1.17 bits per heavy atom. The Balaban J connectivity index is 1.83. The van der Waals surface area contributed by atoms with Gasteiger partial charge in [0.25, 0.3) is 0 Å². The molecule has 1 aromatic carbocycles. The van der Waals surface area contributed by atoms with E-state index in [4.69, 9.17) is 10.9 Å². The molecule has 2 aliphatic carbocycles. The molecule has 2 saturated carbocycles. The number of hydrogen-bond donors (Lipinski definition) is 2. The highest BCUT2D eigenvalue weighted by molar-refractivity contribution is 5.94. The third-order valence-corrected chi connectivity index (χ3v) is 4.64. The van der Waals surface area contributed by atoms with Crippen LogP contribution in [0.2, 0.25) is 0 Å². The number of benzene rings is 1. The second kappa shape index (κ2) is 4.30. The molecule has 96 valence electrons. The fourth-order valence-corrected chi connectivity index (χ4v) is 3.25. The van der Waals surface area contributed by atoms with E-state index in [1.165, 1.54) is 36.8 Å². The molecular formula is C15H20N2O. The number of nitrogens with zero attached hydrogens (tertiary/aromatic N) is 1. The number of amidine groups is 1. The van der Waals surface area contributed by atoms with Gasteiger partial charge < -0.3 is 10.9 Å². The first-order valence-electron chi connectivity index (χ1n) is 6.85. The fourth-order valence-electron chi connectivity index (χ4n) is 3.25. The molecule has 0 aromatic heterocycles. The molecule has 0 amide bonds. The highest BCUT2D eigenvalue weighted by Gasteiger charge is 2.48. The summed E-state index contributed by atoms with van der Waals surface area (Å²) in [6.45, 7) is 0. The predicted octanol–water partition coefficient (Wildman–Crippen LogP) is 3.12. The van der Waals surface area contributed by atoms with Crippen molar-refractivity contribution in [1.29, 1.82) is 0 Å². The van der Waals surface area contributed by atoms with Gasteiger partial charge in [-0.1, -0.05) is 42.3 Å². The molecular weight excluding hydrogens is 224 g/mol. The van der Waals surface area contributed by atoms with Crippen molar-refractivity contribution in [3.63, 3.8) is 0 Å². The smallest absolute Gasteiger partial charge is 0.149 e. The van der Waals surface area contributed by atoms with E-state index in [0.29, 0.717) is 5.84 Å². The minimum atomic E-state index is -0.178. The lowest BCUT2D eigenvalue weighted by molar-refractivity contribution is 0.315. The van der Waals surface area contributed by atoms with E-state index < -0.39 is 0 Å². The Labute approximate surface area is 108 Å². The van der Waals surface area contributed by atoms with Gasteiger partial charge in [0.1, 0.15) is 5.84 Å². The van der Waals surface area contributed by atoms with Crippen LogP contribution >= 0.6 is 0 Å². The molecule has 0 spiro atoms. The van der Waals surface area contributed by atoms with Crippen LogP contribution in [-0.4, -0.2) is 11.0 Å². The van der Waals surface area contributed by atoms with E-state index in [9.17, 15) is 0 Å². The van der Waals surface area contributed by atoms with Gasteiger partial charge in [-0.05, 0) is 42.7 Å². The SMILES string of the molecule is NC(=NO)C1(c2ccc(C3CCCC3)cc2)CC1. The van der Waals surface area contributed by atoms with Gasteiger partial charge in [0.2, 0.25) is 0 Å². The normalized spacial score (nSPS) is 23.2. The van der Waals surface area contributed by atoms with Crippen molar-refractivity contribution >= 4 is 5.84 Å². The van der Waals surface area contributed by atoms with Crippen LogP contribution in [0, 0.1) is 0 Å². The first kappa shape index (κ1) is 11.6. The van der Waals surface area contributed by atoms with Crippen molar-refractivity contribution in [2.75, 3.05) is 0 Å². The first-order chi connectivity index (χ1) is 8.76. The molecule has 0 saturated heterocycles. The van der Waals surface area contributed by atoms with Crippen LogP contribution < -0.4 is 5.73 Å². The lowest BCUT2D eigenvalue weighted by Crippen LogP contribution is -2.28. The van der Waals surface area contributed by atoms with Gasteiger partial charge in [-0.2, -0.15) is 0 Å². The van der Waals surface area contributed by atoms with E-state index in [1.807, 2.05) is 0 Å². The van der Waals surface area contributed by atoms with Gasteiger partial charge >= 0.3 is 0 Å². The second-order valence-electron chi connectivity index (χ2n) is 5.67. The summed E-state index contributed by atoms with van der Waals surface area (Å²) in [7, 11) is 0. The van der Waals surface area contributed by atoms with Gasteiger partial charge in [0, 0.05) is 0 Å². The number of hydrogen-bond acceptors (Lipinski definition) is 2. The predicted molar refractivity (Wildman–Crippen MR) is 72.0 cm³/mol. The van der Waals surface area contributed by atoms with E-state index in [-0.39, 0.29) is 5.41 Å². The summed E-state index contributed by atoms with van der Waals surface area (Å²) in [6, 6.07) is 8.80. The van der Waals surface area contributed by atoms with Gasteiger partial charge in [-0.25, -0.2) is 0 Å². The third kappa shape index (κ3) is 1.78. The molecule has 18 heavy (non-hydrogen) atoms. The van der Waals surface area contributed by atoms with E-state index in [1.54, 1.807) is 0 Å². The van der Waals surface area contributed by atoms with E-state index in [0.717, 1.165) is 18.8 Å². The van der Waals surface area contributed by atoms with Crippen molar-refractivity contribution in [2.45, 2.75) is 49.9 Å². The number of rotatable bonds is 3. The van der Waals surface area contributed by atoms with Crippen molar-refractivity contribution in [3.8, 4) is 0 Å². The first-order valence-corrected chi connectivity index (χ1v) is 6.85. The molecule has 1 aromatic rings. The summed E-state index contributed by atoms with van der Waals surface area (Å²) in [5, 5.41) is 12.1. The average Bonchev–Trinajstić information content (AvgIpc) is 3.05. The molecule has 0 unspecified atom stereocenters. The molecule has 0 atom stereocenters. The number of nitrogens with two attached hydrogens (primary N) is 1. The quantitative estimate of drug-likeness (QED) is 0.371. The summed E-state index contributed by atoms with van der Waals surface area (Å²) < 4.78 is 0. The Morgan fingerprint density at radius 2 is 1.78 bits per heavy atom. The topological polar surface area (TPSA) is 58.6 Å². The second-order valence-corrected chi connectivity index (χ2v) is 5.67. The van der Waals surface area contributed by atoms with Gasteiger partial charge in [-0.15, -0.1) is 0 Å². The molecule has 0 heterocycles. The minimum Gasteiger partial charge on any atom is -0.409 e. The maximum atomic E-state index is 8.86. The highest BCUT2D eigenvalue weighted by Crippen LogP contribution is 2.48. The van der Waals surface area contributed by atoms with Crippen LogP contribution in [0.25, 0.3) is 0 Å². The number of oxime groups is 1. The third-order valence-electron chi connectivity index (χ3n) is 4.64. The zero-order chi connectivity index (χ0) is 12.6. The molecule has 3 rings (SSSR count). The van der Waals surface area contributed by atoms with Crippen molar-refractivity contribution in [3.05, 3.63) is 35.4 Å². The van der Waals surface area contributed by atoms with E-state index in [2.05, 4.69) is 29.4 Å². The zero-order valence-corrected chi connectivity index (χ0v) is 10.6. The molecule has 3 heteroatoms. The monoisotopic (exact) mass is 244 g/mol. The lowest BCUT2D eigenvalue weighted by atomic mass is 9.90. The maximum Gasteiger partial charge on any atom is 0.149 e. The Kier molecular flexibility index (Phi) is 2.77. The largest absolute Gasteiger partial charge is 0.409 e. The van der Waals surface area contributed by atoms with Crippen LogP contribution in [0.1, 0.15) is 55.6 Å². The molecule has 2 aliphatic rings. The molecule has 0 aliphatic heterocycles. The molecule has 0 radical (unpaired) electrons. The molecule has 3 N–H and O–H groups in total.